The van der Waals surface area contributed by atoms with E-state index in [0.717, 1.165) is 17.8 Å². The van der Waals surface area contributed by atoms with Gasteiger partial charge in [-0.15, -0.1) is 17.5 Å². The van der Waals surface area contributed by atoms with Crippen molar-refractivity contribution in [3.05, 3.63) is 54.3 Å². The maximum atomic E-state index is 6.10. The lowest BCUT2D eigenvalue weighted by atomic mass is 10.1. The number of furan rings is 1. The fourth-order valence-corrected chi connectivity index (χ4v) is 2.96. The van der Waals surface area contributed by atoms with Crippen LogP contribution in [0.1, 0.15) is 12.5 Å². The van der Waals surface area contributed by atoms with Gasteiger partial charge in [0.15, 0.2) is 11.4 Å². The Kier molecular flexibility index (Phi) is 6.48. The zero-order chi connectivity index (χ0) is 19.5. The summed E-state index contributed by atoms with van der Waals surface area (Å²) in [5.74, 6) is 1.34. The van der Waals surface area contributed by atoms with Gasteiger partial charge in [-0.1, -0.05) is 24.3 Å². The van der Waals surface area contributed by atoms with E-state index >= 15 is 0 Å². The van der Waals surface area contributed by atoms with Crippen LogP contribution in [0, 0.1) is 0 Å². The Balaban J connectivity index is 0.00000240. The molecule has 1 aromatic carbocycles. The average Bonchev–Trinajstić information content (AvgIpc) is 3.36. The smallest absolute Gasteiger partial charge is 0.223 e. The Hall–Kier alpha value is -2.94. The van der Waals surface area contributed by atoms with Crippen LogP contribution in [0.2, 0.25) is 0 Å². The van der Waals surface area contributed by atoms with E-state index < -0.39 is 0 Å². The first-order chi connectivity index (χ1) is 13.6. The summed E-state index contributed by atoms with van der Waals surface area (Å²) >= 11 is 0. The molecule has 3 heterocycles. The predicted octanol–water partition coefficient (Wildman–Crippen LogP) is 3.18. The summed E-state index contributed by atoms with van der Waals surface area (Å²) in [6.07, 6.45) is 1.58. The highest BCUT2D eigenvalue weighted by atomic mass is 35.5. The highest BCUT2D eigenvalue weighted by Crippen LogP contribution is 2.23. The summed E-state index contributed by atoms with van der Waals surface area (Å²) < 4.78 is 12.0. The van der Waals surface area contributed by atoms with Gasteiger partial charge in [-0.05, 0) is 24.6 Å². The van der Waals surface area contributed by atoms with Crippen LogP contribution in [-0.2, 0) is 11.3 Å². The molecule has 0 aliphatic rings. The third-order valence-corrected chi connectivity index (χ3v) is 4.41. The molecule has 0 saturated carbocycles. The second-order valence-electron chi connectivity index (χ2n) is 6.62. The number of fused-ring (bicyclic) bond motifs is 1. The molecule has 4 rings (SSSR count). The molecule has 152 valence electrons. The number of benzene rings is 1. The van der Waals surface area contributed by atoms with Crippen LogP contribution < -0.4 is 11.1 Å². The summed E-state index contributed by atoms with van der Waals surface area (Å²) in [4.78, 5) is 8.97. The van der Waals surface area contributed by atoms with E-state index in [0.29, 0.717) is 29.9 Å². The zero-order valence-electron chi connectivity index (χ0n) is 16.2. The molecule has 0 amide bonds. The van der Waals surface area contributed by atoms with Crippen molar-refractivity contribution in [3.63, 3.8) is 0 Å². The molecular formula is C20H23ClN6O2. The number of nitrogens with zero attached hydrogens (tertiary/aromatic N) is 4. The molecule has 0 bridgehead atoms. The third-order valence-electron chi connectivity index (χ3n) is 4.41. The van der Waals surface area contributed by atoms with Gasteiger partial charge >= 0.3 is 0 Å². The van der Waals surface area contributed by atoms with E-state index in [-0.39, 0.29) is 18.4 Å². The van der Waals surface area contributed by atoms with Crippen molar-refractivity contribution < 1.29 is 9.15 Å². The van der Waals surface area contributed by atoms with Gasteiger partial charge in [0.25, 0.3) is 0 Å². The number of hydrogen-bond acceptors (Lipinski definition) is 7. The van der Waals surface area contributed by atoms with Crippen molar-refractivity contribution in [2.24, 2.45) is 0 Å². The minimum absolute atomic E-state index is 0. The Labute approximate surface area is 174 Å². The Morgan fingerprint density at radius 3 is 2.69 bits per heavy atom. The second kappa shape index (κ2) is 9.04. The first-order valence-electron chi connectivity index (χ1n) is 9.03. The van der Waals surface area contributed by atoms with Crippen LogP contribution in [0.15, 0.2) is 53.1 Å². The number of hydrogen-bond donors (Lipinski definition) is 2. The van der Waals surface area contributed by atoms with Gasteiger partial charge < -0.3 is 20.2 Å². The van der Waals surface area contributed by atoms with Crippen molar-refractivity contribution in [1.29, 1.82) is 0 Å². The fraction of sp³-hybridized carbons (Fsp3) is 0.250. The highest BCUT2D eigenvalue weighted by Gasteiger charge is 2.13. The van der Waals surface area contributed by atoms with Gasteiger partial charge in [0, 0.05) is 31.3 Å². The molecule has 8 nitrogen and oxygen atoms in total. The minimum Gasteiger partial charge on any atom is -0.461 e. The van der Waals surface area contributed by atoms with E-state index in [1.54, 1.807) is 25.5 Å². The van der Waals surface area contributed by atoms with Crippen molar-refractivity contribution in [1.82, 2.24) is 24.9 Å². The number of nitrogens with one attached hydrogen (secondary N) is 1. The Bertz CT molecular complexity index is 1060. The lowest BCUT2D eigenvalue weighted by Gasteiger charge is -2.12. The fourth-order valence-electron chi connectivity index (χ4n) is 2.96. The van der Waals surface area contributed by atoms with Gasteiger partial charge in [-0.25, -0.2) is 9.97 Å². The van der Waals surface area contributed by atoms with Crippen molar-refractivity contribution >= 4 is 24.0 Å². The summed E-state index contributed by atoms with van der Waals surface area (Å²) in [7, 11) is 1.70. The van der Waals surface area contributed by atoms with Gasteiger partial charge in [0.05, 0.1) is 18.6 Å². The molecule has 3 N–H and O–H groups in total. The summed E-state index contributed by atoms with van der Waals surface area (Å²) in [6, 6.07) is 14.0. The van der Waals surface area contributed by atoms with E-state index in [1.807, 2.05) is 18.2 Å². The number of ether oxygens (including phenoxy) is 1. The topological polar surface area (TPSA) is 104 Å². The molecule has 0 aliphatic carbocycles. The van der Waals surface area contributed by atoms with Crippen LogP contribution in [0.5, 0.6) is 0 Å². The monoisotopic (exact) mass is 414 g/mol. The lowest BCUT2D eigenvalue weighted by molar-refractivity contribution is 0.171. The van der Waals surface area contributed by atoms with Crippen LogP contribution in [0.3, 0.4) is 0 Å². The number of methoxy groups -OCH3 is 1. The molecule has 9 heteroatoms. The first-order valence-corrected chi connectivity index (χ1v) is 9.03. The van der Waals surface area contributed by atoms with Crippen LogP contribution in [0.25, 0.3) is 28.5 Å². The Morgan fingerprint density at radius 1 is 1.21 bits per heavy atom. The molecule has 1 unspecified atom stereocenters. The molecule has 0 saturated heterocycles. The average molecular weight is 415 g/mol. The van der Waals surface area contributed by atoms with Crippen LogP contribution in [-0.4, -0.2) is 39.3 Å². The predicted molar refractivity (Wildman–Crippen MR) is 114 cm³/mol. The maximum absolute atomic E-state index is 6.10. The van der Waals surface area contributed by atoms with Crippen molar-refractivity contribution in [3.8, 4) is 22.8 Å². The van der Waals surface area contributed by atoms with Crippen LogP contribution >= 0.6 is 12.4 Å². The molecule has 3 aromatic heterocycles. The summed E-state index contributed by atoms with van der Waals surface area (Å²) in [6.45, 7) is 3.55. The van der Waals surface area contributed by atoms with Gasteiger partial charge in [-0.3, -0.25) is 0 Å². The highest BCUT2D eigenvalue weighted by molar-refractivity contribution is 5.85. The Morgan fingerprint density at radius 2 is 2.00 bits per heavy atom. The summed E-state index contributed by atoms with van der Waals surface area (Å²) in [5.41, 5.74) is 9.61. The number of aromatic nitrogens is 4. The first kappa shape index (κ1) is 20.8. The standard InChI is InChI=1S/C20H22N6O2.ClH/c1-13(12-27-2)22-11-14-5-7-15(8-6-14)16-10-18-24-19(17-4-3-9-28-17)25-26(18)20(21)23-16;/h3-10,13,22H,11-12H2,1-2H3,(H2,21,23);1H. The van der Waals surface area contributed by atoms with Crippen molar-refractivity contribution in [2.45, 2.75) is 19.5 Å². The minimum atomic E-state index is 0. The lowest BCUT2D eigenvalue weighted by Crippen LogP contribution is -2.29. The molecule has 29 heavy (non-hydrogen) atoms. The molecule has 4 aromatic rings. The number of nitrogens with two attached hydrogens (primary N) is 1. The maximum Gasteiger partial charge on any atom is 0.223 e. The van der Waals surface area contributed by atoms with Gasteiger partial charge in [-0.2, -0.15) is 4.52 Å². The molecule has 0 fully saturated rings. The van der Waals surface area contributed by atoms with E-state index in [2.05, 4.69) is 39.4 Å². The molecule has 0 radical (unpaired) electrons. The third kappa shape index (κ3) is 4.56. The quantitative estimate of drug-likeness (QED) is 0.478. The number of anilines is 1. The summed E-state index contributed by atoms with van der Waals surface area (Å²) in [5, 5.41) is 7.78. The van der Waals surface area contributed by atoms with Crippen LogP contribution in [0.4, 0.5) is 5.95 Å². The van der Waals surface area contributed by atoms with Gasteiger partial charge in [0.2, 0.25) is 11.8 Å². The number of nitrogen functional groups attached to an aromatic ring is 1. The zero-order valence-corrected chi connectivity index (χ0v) is 17.0. The largest absolute Gasteiger partial charge is 0.461 e. The molecule has 1 atom stereocenters. The molecular weight excluding hydrogens is 392 g/mol. The normalized spacial score (nSPS) is 12.1. The van der Waals surface area contributed by atoms with E-state index in [4.69, 9.17) is 14.9 Å². The second-order valence-corrected chi connectivity index (χ2v) is 6.62. The van der Waals surface area contributed by atoms with E-state index in [1.165, 1.54) is 10.1 Å². The van der Waals surface area contributed by atoms with E-state index in [9.17, 15) is 0 Å². The molecule has 0 aliphatic heterocycles. The number of rotatable bonds is 7. The SMILES string of the molecule is COCC(C)NCc1ccc(-c2cc3nc(-c4ccco4)nn3c(N)n2)cc1.Cl. The molecule has 0 spiro atoms. The van der Waals surface area contributed by atoms with Crippen molar-refractivity contribution in [2.75, 3.05) is 19.5 Å². The van der Waals surface area contributed by atoms with Gasteiger partial charge in [0.1, 0.15) is 0 Å². The number of halogens is 1.